The summed E-state index contributed by atoms with van der Waals surface area (Å²) < 4.78 is 45.5. The molecule has 0 spiro atoms. The zero-order valence-electron chi connectivity index (χ0n) is 11.5. The zero-order chi connectivity index (χ0) is 16.3. The molecule has 0 atom stereocenters. The molecule has 0 saturated carbocycles. The molecule has 0 amide bonds. The Morgan fingerprint density at radius 1 is 1.26 bits per heavy atom. The van der Waals surface area contributed by atoms with Crippen molar-refractivity contribution in [3.63, 3.8) is 0 Å². The van der Waals surface area contributed by atoms with Gasteiger partial charge in [0.1, 0.15) is 5.75 Å². The summed E-state index contributed by atoms with van der Waals surface area (Å²) in [7, 11) is 0. The van der Waals surface area contributed by atoms with Crippen molar-refractivity contribution in [3.05, 3.63) is 47.0 Å². The second-order valence-electron chi connectivity index (χ2n) is 4.45. The number of hydrogen-bond acceptors (Lipinski definition) is 6. The van der Waals surface area contributed by atoms with Gasteiger partial charge in [-0.2, -0.15) is 16.3 Å². The molecule has 2 aromatic heterocycles. The summed E-state index contributed by atoms with van der Waals surface area (Å²) in [6.07, 6.45) is -4.72. The highest BCUT2D eigenvalue weighted by molar-refractivity contribution is 7.08. The minimum absolute atomic E-state index is 0.187. The van der Waals surface area contributed by atoms with E-state index in [4.69, 9.17) is 4.52 Å². The molecule has 23 heavy (non-hydrogen) atoms. The number of anilines is 1. The summed E-state index contributed by atoms with van der Waals surface area (Å²) in [6, 6.07) is 7.39. The van der Waals surface area contributed by atoms with Crippen molar-refractivity contribution in [3.8, 4) is 17.1 Å². The van der Waals surface area contributed by atoms with Crippen molar-refractivity contribution in [2.45, 2.75) is 12.9 Å². The van der Waals surface area contributed by atoms with Gasteiger partial charge in [0, 0.05) is 22.7 Å². The van der Waals surface area contributed by atoms with Gasteiger partial charge in [-0.25, -0.2) is 0 Å². The number of ether oxygens (including phenoxy) is 1. The topological polar surface area (TPSA) is 60.2 Å². The number of nitrogens with one attached hydrogen (secondary N) is 1. The van der Waals surface area contributed by atoms with Crippen molar-refractivity contribution >= 4 is 17.0 Å². The van der Waals surface area contributed by atoms with Gasteiger partial charge >= 0.3 is 6.36 Å². The fourth-order valence-electron chi connectivity index (χ4n) is 1.82. The summed E-state index contributed by atoms with van der Waals surface area (Å²) in [6.45, 7) is 0.187. The minimum atomic E-state index is -4.72. The molecule has 0 bridgehead atoms. The number of thiophene rings is 1. The number of rotatable bonds is 5. The summed E-state index contributed by atoms with van der Waals surface area (Å²) in [5.74, 6) is 0.498. The Bertz CT molecular complexity index is 772. The van der Waals surface area contributed by atoms with Crippen molar-refractivity contribution in [2.75, 3.05) is 5.32 Å². The Kier molecular flexibility index (Phi) is 4.20. The monoisotopic (exact) mass is 341 g/mol. The van der Waals surface area contributed by atoms with Crippen LogP contribution in [-0.2, 0) is 6.54 Å². The first-order chi connectivity index (χ1) is 11.0. The SMILES string of the molecule is FC(F)(F)Oc1cccc(NCc2nc(-c3ccsc3)no2)c1. The fourth-order valence-corrected chi connectivity index (χ4v) is 2.45. The second kappa shape index (κ2) is 6.29. The molecule has 1 aromatic carbocycles. The first kappa shape index (κ1) is 15.3. The first-order valence-corrected chi connectivity index (χ1v) is 7.39. The number of hydrogen-bond donors (Lipinski definition) is 1. The normalized spacial score (nSPS) is 11.4. The average molecular weight is 341 g/mol. The zero-order valence-corrected chi connectivity index (χ0v) is 12.3. The quantitative estimate of drug-likeness (QED) is 0.749. The van der Waals surface area contributed by atoms with Gasteiger partial charge in [-0.1, -0.05) is 11.2 Å². The van der Waals surface area contributed by atoms with Crippen molar-refractivity contribution in [1.82, 2.24) is 10.1 Å². The molecule has 120 valence electrons. The average Bonchev–Trinajstić information content (AvgIpc) is 3.15. The molecule has 0 aliphatic rings. The highest BCUT2D eigenvalue weighted by Crippen LogP contribution is 2.25. The molecule has 0 fully saturated rings. The lowest BCUT2D eigenvalue weighted by Gasteiger charge is -2.10. The van der Waals surface area contributed by atoms with E-state index in [-0.39, 0.29) is 12.3 Å². The molecule has 0 unspecified atom stereocenters. The van der Waals surface area contributed by atoms with E-state index in [0.29, 0.717) is 17.4 Å². The van der Waals surface area contributed by atoms with Crippen molar-refractivity contribution in [1.29, 1.82) is 0 Å². The highest BCUT2D eigenvalue weighted by Gasteiger charge is 2.31. The number of benzene rings is 1. The van der Waals surface area contributed by atoms with E-state index in [0.717, 1.165) is 5.56 Å². The Hall–Kier alpha value is -2.55. The lowest BCUT2D eigenvalue weighted by Crippen LogP contribution is -2.17. The van der Waals surface area contributed by atoms with E-state index in [1.807, 2.05) is 16.8 Å². The van der Waals surface area contributed by atoms with Gasteiger partial charge in [-0.15, -0.1) is 13.2 Å². The summed E-state index contributed by atoms with van der Waals surface area (Å²) in [5, 5.41) is 10.5. The molecule has 3 aromatic rings. The van der Waals surface area contributed by atoms with Gasteiger partial charge in [0.05, 0.1) is 6.54 Å². The Morgan fingerprint density at radius 3 is 2.87 bits per heavy atom. The molecule has 2 heterocycles. The predicted octanol–water partition coefficient (Wildman–Crippen LogP) is 4.31. The molecular formula is C14H10F3N3O2S. The van der Waals surface area contributed by atoms with Crippen LogP contribution in [0.1, 0.15) is 5.89 Å². The smallest absolute Gasteiger partial charge is 0.406 e. The van der Waals surface area contributed by atoms with Crippen LogP contribution in [0.3, 0.4) is 0 Å². The van der Waals surface area contributed by atoms with E-state index < -0.39 is 6.36 Å². The maximum absolute atomic E-state index is 12.2. The van der Waals surface area contributed by atoms with Crippen molar-refractivity contribution < 1.29 is 22.4 Å². The molecule has 0 radical (unpaired) electrons. The van der Waals surface area contributed by atoms with E-state index in [9.17, 15) is 13.2 Å². The standard InChI is InChI=1S/C14H10F3N3O2S/c15-14(16,17)21-11-3-1-2-10(6-11)18-7-12-19-13(20-22-12)9-4-5-23-8-9/h1-6,8,18H,7H2. The molecule has 0 aliphatic heterocycles. The third-order valence-electron chi connectivity index (χ3n) is 2.76. The molecule has 1 N–H and O–H groups in total. The largest absolute Gasteiger partial charge is 0.573 e. The Morgan fingerprint density at radius 2 is 2.13 bits per heavy atom. The lowest BCUT2D eigenvalue weighted by molar-refractivity contribution is -0.274. The van der Waals surface area contributed by atoms with Crippen LogP contribution in [0.4, 0.5) is 18.9 Å². The molecular weight excluding hydrogens is 331 g/mol. The molecule has 0 saturated heterocycles. The van der Waals surface area contributed by atoms with E-state index in [1.165, 1.54) is 29.5 Å². The Balaban J connectivity index is 1.63. The highest BCUT2D eigenvalue weighted by atomic mass is 32.1. The van der Waals surface area contributed by atoms with Crippen LogP contribution in [-0.4, -0.2) is 16.5 Å². The van der Waals surface area contributed by atoms with Gasteiger partial charge in [-0.3, -0.25) is 0 Å². The molecule has 3 rings (SSSR count). The van der Waals surface area contributed by atoms with Crippen LogP contribution in [0.5, 0.6) is 5.75 Å². The van der Waals surface area contributed by atoms with Gasteiger partial charge in [-0.05, 0) is 23.6 Å². The van der Waals surface area contributed by atoms with Gasteiger partial charge in [0.2, 0.25) is 11.7 Å². The van der Waals surface area contributed by atoms with Gasteiger partial charge < -0.3 is 14.6 Å². The minimum Gasteiger partial charge on any atom is -0.406 e. The van der Waals surface area contributed by atoms with Gasteiger partial charge in [0.15, 0.2) is 0 Å². The maximum Gasteiger partial charge on any atom is 0.573 e. The van der Waals surface area contributed by atoms with E-state index in [1.54, 1.807) is 6.07 Å². The molecule has 9 heteroatoms. The number of halogens is 3. The van der Waals surface area contributed by atoms with Crippen LogP contribution in [0.2, 0.25) is 0 Å². The van der Waals surface area contributed by atoms with Crippen LogP contribution in [0, 0.1) is 0 Å². The summed E-state index contributed by atoms with van der Waals surface area (Å²) in [5.41, 5.74) is 1.30. The molecule has 5 nitrogen and oxygen atoms in total. The van der Waals surface area contributed by atoms with Crippen LogP contribution >= 0.6 is 11.3 Å². The third-order valence-corrected chi connectivity index (χ3v) is 3.44. The maximum atomic E-state index is 12.2. The number of nitrogens with zero attached hydrogens (tertiary/aromatic N) is 2. The van der Waals surface area contributed by atoms with Crippen LogP contribution < -0.4 is 10.1 Å². The van der Waals surface area contributed by atoms with Crippen LogP contribution in [0.15, 0.2) is 45.6 Å². The lowest BCUT2D eigenvalue weighted by atomic mass is 10.3. The van der Waals surface area contributed by atoms with Crippen LogP contribution in [0.25, 0.3) is 11.4 Å². The number of alkyl halides is 3. The summed E-state index contributed by atoms with van der Waals surface area (Å²) >= 11 is 1.52. The third kappa shape index (κ3) is 4.22. The fraction of sp³-hybridized carbons (Fsp3) is 0.143. The summed E-state index contributed by atoms with van der Waals surface area (Å²) in [4.78, 5) is 4.20. The van der Waals surface area contributed by atoms with Crippen molar-refractivity contribution in [2.24, 2.45) is 0 Å². The van der Waals surface area contributed by atoms with E-state index in [2.05, 4.69) is 20.2 Å². The van der Waals surface area contributed by atoms with Gasteiger partial charge in [0.25, 0.3) is 0 Å². The second-order valence-corrected chi connectivity index (χ2v) is 5.23. The molecule has 0 aliphatic carbocycles. The first-order valence-electron chi connectivity index (χ1n) is 6.44. The Labute approximate surface area is 132 Å². The predicted molar refractivity (Wildman–Crippen MR) is 78.1 cm³/mol. The number of aromatic nitrogens is 2. The van der Waals surface area contributed by atoms with E-state index >= 15 is 0 Å².